The van der Waals surface area contributed by atoms with Crippen LogP contribution in [0.1, 0.15) is 43.7 Å². The number of hydrogen-bond donors (Lipinski definition) is 1. The summed E-state index contributed by atoms with van der Waals surface area (Å²) in [6, 6.07) is 6.07. The van der Waals surface area contributed by atoms with Crippen molar-refractivity contribution in [2.24, 2.45) is 17.8 Å². The minimum Gasteiger partial charge on any atom is -0.481 e. The van der Waals surface area contributed by atoms with E-state index in [0.717, 1.165) is 48.3 Å². The van der Waals surface area contributed by atoms with Gasteiger partial charge in [0.15, 0.2) is 0 Å². The van der Waals surface area contributed by atoms with Crippen LogP contribution in [0.15, 0.2) is 18.2 Å². The largest absolute Gasteiger partial charge is 0.481 e. The quantitative estimate of drug-likeness (QED) is 0.872. The van der Waals surface area contributed by atoms with Gasteiger partial charge in [-0.05, 0) is 61.6 Å². The van der Waals surface area contributed by atoms with Crippen LogP contribution >= 0.6 is 11.6 Å². The molecule has 1 aromatic rings. The second-order valence-corrected chi connectivity index (χ2v) is 6.50. The summed E-state index contributed by atoms with van der Waals surface area (Å²) in [6.45, 7) is 4.21. The van der Waals surface area contributed by atoms with Gasteiger partial charge in [0.25, 0.3) is 0 Å². The fraction of sp³-hybridized carbons (Fsp3) is 0.588. The summed E-state index contributed by atoms with van der Waals surface area (Å²) in [5, 5.41) is 10.2. The van der Waals surface area contributed by atoms with Crippen LogP contribution in [0.2, 0.25) is 5.02 Å². The van der Waals surface area contributed by atoms with E-state index in [1.165, 1.54) is 0 Å². The minimum absolute atomic E-state index is 0.213. The number of hydrogen-bond acceptors (Lipinski definition) is 1. The normalized spacial score (nSPS) is 26.4. The molecule has 0 heterocycles. The van der Waals surface area contributed by atoms with E-state index in [2.05, 4.69) is 13.0 Å². The number of rotatable bonds is 4. The maximum atomic E-state index is 11.5. The lowest BCUT2D eigenvalue weighted by atomic mass is 9.71. The van der Waals surface area contributed by atoms with Crippen molar-refractivity contribution in [1.29, 1.82) is 0 Å². The van der Waals surface area contributed by atoms with Crippen molar-refractivity contribution in [1.82, 2.24) is 0 Å². The number of aryl methyl sites for hydroxylation is 1. The highest BCUT2D eigenvalue weighted by molar-refractivity contribution is 6.31. The number of benzene rings is 1. The highest BCUT2D eigenvalue weighted by atomic mass is 35.5. The van der Waals surface area contributed by atoms with Crippen LogP contribution in [0.25, 0.3) is 0 Å². The van der Waals surface area contributed by atoms with E-state index in [1.54, 1.807) is 0 Å². The summed E-state index contributed by atoms with van der Waals surface area (Å²) in [6.07, 6.45) is 4.79. The summed E-state index contributed by atoms with van der Waals surface area (Å²) in [5.41, 5.74) is 2.23. The van der Waals surface area contributed by atoms with Crippen LogP contribution in [-0.2, 0) is 11.2 Å². The van der Waals surface area contributed by atoms with Crippen molar-refractivity contribution in [3.05, 3.63) is 34.3 Å². The first kappa shape index (κ1) is 15.4. The van der Waals surface area contributed by atoms with Gasteiger partial charge in [-0.1, -0.05) is 37.1 Å². The molecule has 1 N–H and O–H groups in total. The first-order valence-corrected chi connectivity index (χ1v) is 7.86. The van der Waals surface area contributed by atoms with Crippen LogP contribution < -0.4 is 0 Å². The number of aliphatic carboxylic acids is 1. The molecular formula is C17H23ClO2. The third kappa shape index (κ3) is 3.54. The molecule has 0 amide bonds. The topological polar surface area (TPSA) is 37.3 Å². The number of carboxylic acid groups (broad SMARTS) is 1. The Labute approximate surface area is 126 Å². The van der Waals surface area contributed by atoms with Crippen molar-refractivity contribution in [3.63, 3.8) is 0 Å². The van der Waals surface area contributed by atoms with E-state index in [-0.39, 0.29) is 11.8 Å². The van der Waals surface area contributed by atoms with E-state index in [4.69, 9.17) is 11.6 Å². The molecule has 3 heteroatoms. The summed E-state index contributed by atoms with van der Waals surface area (Å²) in [5.74, 6) is 0.0224. The zero-order valence-corrected chi connectivity index (χ0v) is 13.0. The van der Waals surface area contributed by atoms with Crippen LogP contribution in [0, 0.1) is 24.7 Å². The number of carbonyl (C=O) groups is 1. The van der Waals surface area contributed by atoms with Crippen LogP contribution in [-0.4, -0.2) is 11.1 Å². The van der Waals surface area contributed by atoms with Crippen molar-refractivity contribution in [2.45, 2.75) is 46.0 Å². The number of halogens is 1. The molecule has 0 aliphatic heterocycles. The highest BCUT2D eigenvalue weighted by Crippen LogP contribution is 2.38. The Hall–Kier alpha value is -1.02. The van der Waals surface area contributed by atoms with E-state index >= 15 is 0 Å². The zero-order valence-electron chi connectivity index (χ0n) is 12.2. The lowest BCUT2D eigenvalue weighted by Gasteiger charge is -2.34. The van der Waals surface area contributed by atoms with Gasteiger partial charge in [0.2, 0.25) is 0 Å². The molecule has 110 valence electrons. The van der Waals surface area contributed by atoms with Crippen LogP contribution in [0.5, 0.6) is 0 Å². The van der Waals surface area contributed by atoms with E-state index in [0.29, 0.717) is 5.92 Å². The SMILES string of the molecule is CCC1CCC(C(=O)O)C(Cc2ccc(C)cc2Cl)C1. The molecule has 0 bridgehead atoms. The smallest absolute Gasteiger partial charge is 0.306 e. The highest BCUT2D eigenvalue weighted by Gasteiger charge is 2.34. The van der Waals surface area contributed by atoms with Gasteiger partial charge in [0.05, 0.1) is 5.92 Å². The minimum atomic E-state index is -0.646. The summed E-state index contributed by atoms with van der Waals surface area (Å²) >= 11 is 6.30. The van der Waals surface area contributed by atoms with Gasteiger partial charge in [0, 0.05) is 5.02 Å². The van der Waals surface area contributed by atoms with Gasteiger partial charge in [-0.15, -0.1) is 0 Å². The Balaban J connectivity index is 2.16. The lowest BCUT2D eigenvalue weighted by molar-refractivity contribution is -0.145. The molecule has 3 atom stereocenters. The first-order valence-electron chi connectivity index (χ1n) is 7.49. The van der Waals surface area contributed by atoms with Gasteiger partial charge in [-0.2, -0.15) is 0 Å². The Morgan fingerprint density at radius 1 is 1.40 bits per heavy atom. The predicted octanol–water partition coefficient (Wildman–Crippen LogP) is 4.72. The second-order valence-electron chi connectivity index (χ2n) is 6.09. The Bertz CT molecular complexity index is 484. The summed E-state index contributed by atoms with van der Waals surface area (Å²) in [7, 11) is 0. The number of carboxylic acids is 1. The van der Waals surface area contributed by atoms with Crippen molar-refractivity contribution < 1.29 is 9.90 Å². The second kappa shape index (κ2) is 6.62. The molecule has 0 saturated heterocycles. The van der Waals surface area contributed by atoms with Gasteiger partial charge in [-0.3, -0.25) is 4.79 Å². The molecule has 0 radical (unpaired) electrons. The van der Waals surface area contributed by atoms with E-state index in [9.17, 15) is 9.90 Å². The average Bonchev–Trinajstić information content (AvgIpc) is 2.41. The molecular weight excluding hydrogens is 272 g/mol. The Morgan fingerprint density at radius 2 is 2.15 bits per heavy atom. The Kier molecular flexibility index (Phi) is 5.09. The van der Waals surface area contributed by atoms with E-state index in [1.807, 2.05) is 19.1 Å². The maximum Gasteiger partial charge on any atom is 0.306 e. The van der Waals surface area contributed by atoms with Crippen molar-refractivity contribution in [2.75, 3.05) is 0 Å². The maximum absolute atomic E-state index is 11.5. The van der Waals surface area contributed by atoms with Gasteiger partial charge < -0.3 is 5.11 Å². The molecule has 2 rings (SSSR count). The molecule has 0 spiro atoms. The molecule has 1 aromatic carbocycles. The first-order chi connectivity index (χ1) is 9.51. The van der Waals surface area contributed by atoms with Gasteiger partial charge >= 0.3 is 5.97 Å². The molecule has 1 aliphatic rings. The molecule has 1 saturated carbocycles. The summed E-state index contributed by atoms with van der Waals surface area (Å²) < 4.78 is 0. The fourth-order valence-corrected chi connectivity index (χ4v) is 3.70. The van der Waals surface area contributed by atoms with E-state index < -0.39 is 5.97 Å². The average molecular weight is 295 g/mol. The summed E-state index contributed by atoms with van der Waals surface area (Å²) in [4.78, 5) is 11.5. The molecule has 0 aromatic heterocycles. The third-order valence-corrected chi connectivity index (χ3v) is 5.03. The lowest BCUT2D eigenvalue weighted by Crippen LogP contribution is -2.32. The predicted molar refractivity (Wildman–Crippen MR) is 82.1 cm³/mol. The van der Waals surface area contributed by atoms with Gasteiger partial charge in [0.1, 0.15) is 0 Å². The monoisotopic (exact) mass is 294 g/mol. The fourth-order valence-electron chi connectivity index (χ4n) is 3.38. The molecule has 2 nitrogen and oxygen atoms in total. The van der Waals surface area contributed by atoms with Gasteiger partial charge in [-0.25, -0.2) is 0 Å². The molecule has 1 aliphatic carbocycles. The standard InChI is InChI=1S/C17H23ClO2/c1-3-12-5-7-15(17(19)20)14(9-12)10-13-6-4-11(2)8-16(13)18/h4,6,8,12,14-15H,3,5,7,9-10H2,1-2H3,(H,19,20). The third-order valence-electron chi connectivity index (χ3n) is 4.68. The van der Waals surface area contributed by atoms with Crippen LogP contribution in [0.4, 0.5) is 0 Å². The van der Waals surface area contributed by atoms with Crippen LogP contribution in [0.3, 0.4) is 0 Å². The van der Waals surface area contributed by atoms with Crippen molar-refractivity contribution in [3.8, 4) is 0 Å². The molecule has 20 heavy (non-hydrogen) atoms. The van der Waals surface area contributed by atoms with Crippen molar-refractivity contribution >= 4 is 17.6 Å². The zero-order chi connectivity index (χ0) is 14.7. The Morgan fingerprint density at radius 3 is 2.75 bits per heavy atom. The molecule has 3 unspecified atom stereocenters. The molecule has 1 fully saturated rings.